The Morgan fingerprint density at radius 3 is 2.54 bits per heavy atom. The minimum atomic E-state index is -0.333. The SMILES string of the molecule is Cc1ccc(NC(=O)Cc2cnc(-c3ccc(Cl)cc3)[nH]c2=O)c(C)c1. The average molecular weight is 368 g/mol. The van der Waals surface area contributed by atoms with E-state index in [1.807, 2.05) is 32.0 Å². The molecule has 2 N–H and O–H groups in total. The summed E-state index contributed by atoms with van der Waals surface area (Å²) in [5.74, 6) is 0.175. The molecule has 0 radical (unpaired) electrons. The Morgan fingerprint density at radius 2 is 1.88 bits per heavy atom. The third-order valence-electron chi connectivity index (χ3n) is 4.00. The Balaban J connectivity index is 1.74. The summed E-state index contributed by atoms with van der Waals surface area (Å²) in [6.45, 7) is 3.92. The summed E-state index contributed by atoms with van der Waals surface area (Å²) in [7, 11) is 0. The Bertz CT molecular complexity index is 1010. The van der Waals surface area contributed by atoms with E-state index in [0.29, 0.717) is 16.4 Å². The van der Waals surface area contributed by atoms with Gasteiger partial charge in [0.25, 0.3) is 5.56 Å². The second-order valence-corrected chi connectivity index (χ2v) is 6.57. The van der Waals surface area contributed by atoms with Gasteiger partial charge in [-0.2, -0.15) is 0 Å². The predicted molar refractivity (Wildman–Crippen MR) is 104 cm³/mol. The van der Waals surface area contributed by atoms with Gasteiger partial charge in [-0.1, -0.05) is 29.3 Å². The van der Waals surface area contributed by atoms with Crippen LogP contribution in [0.25, 0.3) is 11.4 Å². The van der Waals surface area contributed by atoms with Crippen LogP contribution in [0.5, 0.6) is 0 Å². The highest BCUT2D eigenvalue weighted by molar-refractivity contribution is 6.30. The van der Waals surface area contributed by atoms with Gasteiger partial charge in [0.15, 0.2) is 0 Å². The van der Waals surface area contributed by atoms with Gasteiger partial charge in [0.2, 0.25) is 5.91 Å². The normalized spacial score (nSPS) is 10.6. The highest BCUT2D eigenvalue weighted by Crippen LogP contribution is 2.18. The molecule has 5 nitrogen and oxygen atoms in total. The zero-order valence-electron chi connectivity index (χ0n) is 14.5. The number of hydrogen-bond acceptors (Lipinski definition) is 3. The minimum absolute atomic E-state index is 0.0451. The maximum absolute atomic E-state index is 12.3. The molecule has 1 heterocycles. The topological polar surface area (TPSA) is 74.8 Å². The molecule has 0 aliphatic carbocycles. The van der Waals surface area contributed by atoms with Crippen LogP contribution in [0.4, 0.5) is 5.69 Å². The van der Waals surface area contributed by atoms with Crippen LogP contribution >= 0.6 is 11.6 Å². The summed E-state index contributed by atoms with van der Waals surface area (Å²) in [6.07, 6.45) is 1.39. The number of rotatable bonds is 4. The Kier molecular flexibility index (Phi) is 5.19. The van der Waals surface area contributed by atoms with E-state index in [2.05, 4.69) is 15.3 Å². The zero-order valence-corrected chi connectivity index (χ0v) is 15.2. The largest absolute Gasteiger partial charge is 0.326 e. The summed E-state index contributed by atoms with van der Waals surface area (Å²) < 4.78 is 0. The fraction of sp³-hybridized carbons (Fsp3) is 0.150. The first kappa shape index (κ1) is 17.9. The second-order valence-electron chi connectivity index (χ2n) is 6.14. The van der Waals surface area contributed by atoms with Crippen LogP contribution in [-0.2, 0) is 11.2 Å². The number of aromatic nitrogens is 2. The first-order valence-corrected chi connectivity index (χ1v) is 8.51. The average Bonchev–Trinajstić information content (AvgIpc) is 2.60. The van der Waals surface area contributed by atoms with Gasteiger partial charge in [-0.3, -0.25) is 9.59 Å². The number of carbonyl (C=O) groups excluding carboxylic acids is 1. The lowest BCUT2D eigenvalue weighted by Gasteiger charge is -2.09. The summed E-state index contributed by atoms with van der Waals surface area (Å²) in [4.78, 5) is 31.5. The van der Waals surface area contributed by atoms with Crippen molar-refractivity contribution in [2.24, 2.45) is 0 Å². The monoisotopic (exact) mass is 367 g/mol. The lowest BCUT2D eigenvalue weighted by molar-refractivity contribution is -0.115. The summed E-state index contributed by atoms with van der Waals surface area (Å²) in [6, 6.07) is 12.8. The van der Waals surface area contributed by atoms with E-state index in [-0.39, 0.29) is 17.9 Å². The number of nitrogens with zero attached hydrogens (tertiary/aromatic N) is 1. The van der Waals surface area contributed by atoms with Crippen LogP contribution in [0.1, 0.15) is 16.7 Å². The number of benzene rings is 2. The van der Waals surface area contributed by atoms with Gasteiger partial charge in [0.1, 0.15) is 5.82 Å². The van der Waals surface area contributed by atoms with Crippen LogP contribution in [0.2, 0.25) is 5.02 Å². The van der Waals surface area contributed by atoms with Crippen LogP contribution in [-0.4, -0.2) is 15.9 Å². The van der Waals surface area contributed by atoms with Crippen molar-refractivity contribution in [2.75, 3.05) is 5.32 Å². The van der Waals surface area contributed by atoms with Gasteiger partial charge < -0.3 is 10.3 Å². The van der Waals surface area contributed by atoms with E-state index in [4.69, 9.17) is 11.6 Å². The third-order valence-corrected chi connectivity index (χ3v) is 4.25. The molecule has 1 amide bonds. The maximum Gasteiger partial charge on any atom is 0.254 e. The second kappa shape index (κ2) is 7.54. The molecule has 2 aromatic carbocycles. The fourth-order valence-corrected chi connectivity index (χ4v) is 2.75. The van der Waals surface area contributed by atoms with E-state index >= 15 is 0 Å². The van der Waals surface area contributed by atoms with Gasteiger partial charge in [-0.25, -0.2) is 4.98 Å². The van der Waals surface area contributed by atoms with Crippen LogP contribution in [0.3, 0.4) is 0 Å². The van der Waals surface area contributed by atoms with Crippen molar-refractivity contribution in [3.63, 3.8) is 0 Å². The van der Waals surface area contributed by atoms with Crippen molar-refractivity contribution >= 4 is 23.2 Å². The van der Waals surface area contributed by atoms with Crippen molar-refractivity contribution in [3.8, 4) is 11.4 Å². The van der Waals surface area contributed by atoms with Crippen molar-refractivity contribution in [3.05, 3.63) is 80.7 Å². The molecule has 3 aromatic rings. The number of halogens is 1. The number of aryl methyl sites for hydroxylation is 2. The van der Waals surface area contributed by atoms with E-state index in [9.17, 15) is 9.59 Å². The number of amides is 1. The minimum Gasteiger partial charge on any atom is -0.326 e. The van der Waals surface area contributed by atoms with Gasteiger partial charge in [0.05, 0.1) is 6.42 Å². The van der Waals surface area contributed by atoms with Crippen LogP contribution in [0.15, 0.2) is 53.5 Å². The molecule has 0 saturated heterocycles. The molecule has 0 bridgehead atoms. The van der Waals surface area contributed by atoms with Crippen molar-refractivity contribution in [1.82, 2.24) is 9.97 Å². The number of aromatic amines is 1. The van der Waals surface area contributed by atoms with Crippen molar-refractivity contribution in [2.45, 2.75) is 20.3 Å². The zero-order chi connectivity index (χ0) is 18.7. The van der Waals surface area contributed by atoms with E-state index in [1.54, 1.807) is 24.3 Å². The quantitative estimate of drug-likeness (QED) is 0.734. The summed E-state index contributed by atoms with van der Waals surface area (Å²) >= 11 is 5.86. The molecule has 0 unspecified atom stereocenters. The molecule has 132 valence electrons. The van der Waals surface area contributed by atoms with E-state index in [1.165, 1.54) is 6.20 Å². The smallest absolute Gasteiger partial charge is 0.254 e. The molecule has 1 aromatic heterocycles. The number of nitrogens with one attached hydrogen (secondary N) is 2. The Hall–Kier alpha value is -2.92. The van der Waals surface area contributed by atoms with Crippen LogP contribution < -0.4 is 10.9 Å². The first-order valence-electron chi connectivity index (χ1n) is 8.13. The van der Waals surface area contributed by atoms with E-state index < -0.39 is 0 Å². The Labute approximate surface area is 156 Å². The molecule has 0 saturated carbocycles. The molecule has 0 aliphatic rings. The van der Waals surface area contributed by atoms with Gasteiger partial charge in [0, 0.05) is 28.0 Å². The molecule has 0 atom stereocenters. The predicted octanol–water partition coefficient (Wildman–Crippen LogP) is 3.89. The lowest BCUT2D eigenvalue weighted by atomic mass is 10.1. The molecular weight excluding hydrogens is 350 g/mol. The first-order chi connectivity index (χ1) is 12.4. The van der Waals surface area contributed by atoms with Gasteiger partial charge in [-0.15, -0.1) is 0 Å². The maximum atomic E-state index is 12.3. The lowest BCUT2D eigenvalue weighted by Crippen LogP contribution is -2.22. The molecule has 26 heavy (non-hydrogen) atoms. The fourth-order valence-electron chi connectivity index (χ4n) is 2.62. The molecule has 3 rings (SSSR count). The van der Waals surface area contributed by atoms with Crippen LogP contribution in [0, 0.1) is 13.8 Å². The number of hydrogen-bond donors (Lipinski definition) is 2. The molecule has 6 heteroatoms. The Morgan fingerprint density at radius 1 is 1.15 bits per heavy atom. The number of H-pyrrole nitrogens is 1. The highest BCUT2D eigenvalue weighted by Gasteiger charge is 2.11. The molecular formula is C20H18ClN3O2. The summed E-state index contributed by atoms with van der Waals surface area (Å²) in [5, 5.41) is 3.44. The van der Waals surface area contributed by atoms with Crippen molar-refractivity contribution in [1.29, 1.82) is 0 Å². The number of anilines is 1. The number of carbonyl (C=O) groups is 1. The molecule has 0 spiro atoms. The molecule has 0 aliphatic heterocycles. The highest BCUT2D eigenvalue weighted by atomic mass is 35.5. The van der Waals surface area contributed by atoms with Gasteiger partial charge >= 0.3 is 0 Å². The third kappa shape index (κ3) is 4.18. The molecule has 0 fully saturated rings. The van der Waals surface area contributed by atoms with Crippen molar-refractivity contribution < 1.29 is 4.79 Å². The standard InChI is InChI=1S/C20H18ClN3O2/c1-12-3-8-17(13(2)9-12)23-18(25)10-15-11-22-19(24-20(15)26)14-4-6-16(21)7-5-14/h3-9,11H,10H2,1-2H3,(H,23,25)(H,22,24,26). The van der Waals surface area contributed by atoms with E-state index in [0.717, 1.165) is 22.4 Å². The summed E-state index contributed by atoms with van der Waals surface area (Å²) in [5.41, 5.74) is 3.56. The van der Waals surface area contributed by atoms with Gasteiger partial charge in [-0.05, 0) is 49.7 Å².